The highest BCUT2D eigenvalue weighted by atomic mass is 31.1. The minimum Gasteiger partial charge on any atom is -0.115 e. The largest absolute Gasteiger partial charge is 0.115 e. The summed E-state index contributed by atoms with van der Waals surface area (Å²) < 4.78 is 0. The molecular weight excluding hydrogens is 187 g/mol. The molecule has 0 aromatic carbocycles. The molecule has 4 unspecified atom stereocenters. The van der Waals surface area contributed by atoms with Crippen molar-refractivity contribution in [3.05, 3.63) is 0 Å². The highest BCUT2D eigenvalue weighted by Crippen LogP contribution is 2.65. The predicted molar refractivity (Wildman–Crippen MR) is 64.1 cm³/mol. The average molecular weight is 210 g/mol. The van der Waals surface area contributed by atoms with Crippen LogP contribution in [0.5, 0.6) is 0 Å². The smallest absolute Gasteiger partial charge is 0.0177 e. The monoisotopic (exact) mass is 210 g/mol. The van der Waals surface area contributed by atoms with Gasteiger partial charge in [-0.3, -0.25) is 0 Å². The Bertz CT molecular complexity index is 184. The Morgan fingerprint density at radius 2 is 1.07 bits per heavy atom. The molecule has 2 heterocycles. The molecule has 2 saturated heterocycles. The number of hydrogen-bond acceptors (Lipinski definition) is 0. The summed E-state index contributed by atoms with van der Waals surface area (Å²) in [4.78, 5) is 0. The Morgan fingerprint density at radius 1 is 0.714 bits per heavy atom. The fourth-order valence-electron chi connectivity index (χ4n) is 4.98. The lowest BCUT2D eigenvalue weighted by atomic mass is 9.55. The first-order chi connectivity index (χ1) is 6.61. The topological polar surface area (TPSA) is 0 Å². The van der Waals surface area contributed by atoms with Crippen LogP contribution in [0.3, 0.4) is 0 Å². The van der Waals surface area contributed by atoms with Crippen molar-refractivity contribution in [2.24, 2.45) is 35.5 Å². The molecule has 2 saturated carbocycles. The van der Waals surface area contributed by atoms with Gasteiger partial charge in [-0.1, -0.05) is 27.7 Å². The molecule has 4 aliphatic rings. The van der Waals surface area contributed by atoms with E-state index < -0.39 is 0 Å². The molecule has 0 nitrogen and oxygen atoms in total. The van der Waals surface area contributed by atoms with Crippen LogP contribution in [0.1, 0.15) is 34.1 Å². The van der Waals surface area contributed by atoms with E-state index in [2.05, 4.69) is 27.7 Å². The zero-order valence-electron chi connectivity index (χ0n) is 9.83. The van der Waals surface area contributed by atoms with E-state index in [9.17, 15) is 0 Å². The van der Waals surface area contributed by atoms with E-state index in [4.69, 9.17) is 0 Å². The Balaban J connectivity index is 1.98. The summed E-state index contributed by atoms with van der Waals surface area (Å²) in [6.45, 7) is 10.2. The van der Waals surface area contributed by atoms with Gasteiger partial charge in [0.15, 0.2) is 0 Å². The van der Waals surface area contributed by atoms with Gasteiger partial charge in [0, 0.05) is 0 Å². The molecule has 0 radical (unpaired) electrons. The molecule has 0 aromatic rings. The first kappa shape index (κ1) is 9.64. The second-order valence-corrected chi connectivity index (χ2v) is 7.88. The van der Waals surface area contributed by atoms with Crippen molar-refractivity contribution in [3.63, 3.8) is 0 Å². The molecule has 80 valence electrons. The van der Waals surface area contributed by atoms with Gasteiger partial charge in [0.2, 0.25) is 0 Å². The van der Waals surface area contributed by atoms with Crippen molar-refractivity contribution in [2.45, 2.75) is 45.4 Å². The molecular formula is C13H23P. The zero-order valence-corrected chi connectivity index (χ0v) is 10.8. The van der Waals surface area contributed by atoms with Gasteiger partial charge in [-0.2, -0.15) is 0 Å². The van der Waals surface area contributed by atoms with Gasteiger partial charge in [0.25, 0.3) is 0 Å². The highest BCUT2D eigenvalue weighted by molar-refractivity contribution is 7.40. The van der Waals surface area contributed by atoms with E-state index in [0.29, 0.717) is 0 Å². The van der Waals surface area contributed by atoms with Gasteiger partial charge in [-0.05, 0) is 53.2 Å². The molecule has 4 rings (SSSR count). The maximum Gasteiger partial charge on any atom is -0.0177 e. The van der Waals surface area contributed by atoms with Crippen LogP contribution >= 0.6 is 8.58 Å². The summed E-state index contributed by atoms with van der Waals surface area (Å²) in [5.74, 6) is 6.33. The van der Waals surface area contributed by atoms with Crippen LogP contribution in [0.4, 0.5) is 0 Å². The van der Waals surface area contributed by atoms with Crippen molar-refractivity contribution in [2.75, 3.05) is 0 Å². The third kappa shape index (κ3) is 0.993. The number of rotatable bonds is 0. The summed E-state index contributed by atoms with van der Waals surface area (Å²) >= 11 is 0. The van der Waals surface area contributed by atoms with Crippen LogP contribution in [0.25, 0.3) is 0 Å². The van der Waals surface area contributed by atoms with Crippen molar-refractivity contribution < 1.29 is 0 Å². The molecule has 4 bridgehead atoms. The van der Waals surface area contributed by atoms with Crippen LogP contribution < -0.4 is 0 Å². The summed E-state index contributed by atoms with van der Waals surface area (Å²) in [6, 6.07) is 0. The Labute approximate surface area is 90.0 Å². The van der Waals surface area contributed by atoms with E-state index in [1.165, 1.54) is 8.58 Å². The molecule has 0 amide bonds. The Hall–Kier alpha value is 0.430. The predicted octanol–water partition coefficient (Wildman–Crippen LogP) is 3.61. The fourth-order valence-corrected chi connectivity index (χ4v) is 7.63. The Kier molecular flexibility index (Phi) is 2.05. The molecule has 2 aliphatic carbocycles. The standard InChI is InChI=1S/C13H23P/c1-6-10-5-11-8(3)12(6)14-13(7(10)2)9(11)4/h6-14H,5H2,1-4H3. The SMILES string of the molecule is CC1C2CC3C(C)C1PC(C2C)C3C. The molecule has 0 spiro atoms. The molecule has 4 fully saturated rings. The third-order valence-corrected chi connectivity index (χ3v) is 8.77. The fraction of sp³-hybridized carbons (Fsp3) is 1.00. The average Bonchev–Trinajstić information content (AvgIpc) is 2.13. The second-order valence-electron chi connectivity index (χ2n) is 6.22. The van der Waals surface area contributed by atoms with E-state index in [-0.39, 0.29) is 0 Å². The molecule has 4 atom stereocenters. The summed E-state index contributed by atoms with van der Waals surface area (Å²) in [5.41, 5.74) is 2.22. The van der Waals surface area contributed by atoms with Crippen LogP contribution in [-0.4, -0.2) is 11.3 Å². The minimum absolute atomic E-state index is 1.04. The van der Waals surface area contributed by atoms with Crippen molar-refractivity contribution >= 4 is 8.58 Å². The van der Waals surface area contributed by atoms with E-state index in [1.807, 2.05) is 0 Å². The minimum atomic E-state index is 1.04. The van der Waals surface area contributed by atoms with Crippen molar-refractivity contribution in [3.8, 4) is 0 Å². The van der Waals surface area contributed by atoms with Crippen LogP contribution in [0.2, 0.25) is 0 Å². The van der Waals surface area contributed by atoms with Gasteiger partial charge < -0.3 is 0 Å². The molecule has 2 aliphatic heterocycles. The summed E-state index contributed by atoms with van der Waals surface area (Å²) in [7, 11) is 1.29. The van der Waals surface area contributed by atoms with Gasteiger partial charge in [-0.15, -0.1) is 8.58 Å². The molecule has 0 N–H and O–H groups in total. The Morgan fingerprint density at radius 3 is 1.43 bits per heavy atom. The molecule has 1 heteroatoms. The van der Waals surface area contributed by atoms with Crippen LogP contribution in [0, 0.1) is 35.5 Å². The lowest BCUT2D eigenvalue weighted by Crippen LogP contribution is -2.57. The second kappa shape index (κ2) is 2.97. The lowest BCUT2D eigenvalue weighted by Gasteiger charge is -2.63. The molecule has 14 heavy (non-hydrogen) atoms. The van der Waals surface area contributed by atoms with E-state index >= 15 is 0 Å². The van der Waals surface area contributed by atoms with Crippen molar-refractivity contribution in [1.82, 2.24) is 0 Å². The van der Waals surface area contributed by atoms with Crippen LogP contribution in [0.15, 0.2) is 0 Å². The van der Waals surface area contributed by atoms with Gasteiger partial charge in [0.05, 0.1) is 0 Å². The van der Waals surface area contributed by atoms with E-state index in [1.54, 1.807) is 6.42 Å². The maximum atomic E-state index is 2.54. The third-order valence-electron chi connectivity index (χ3n) is 5.90. The van der Waals surface area contributed by atoms with E-state index in [0.717, 1.165) is 46.8 Å². The first-order valence-electron chi connectivity index (χ1n) is 6.37. The van der Waals surface area contributed by atoms with Gasteiger partial charge >= 0.3 is 0 Å². The van der Waals surface area contributed by atoms with Crippen LogP contribution in [-0.2, 0) is 0 Å². The highest BCUT2D eigenvalue weighted by Gasteiger charge is 2.56. The lowest BCUT2D eigenvalue weighted by molar-refractivity contribution is -0.00230. The molecule has 0 aromatic heterocycles. The summed E-state index contributed by atoms with van der Waals surface area (Å²) in [6.07, 6.45) is 1.56. The first-order valence-corrected chi connectivity index (χ1v) is 7.52. The number of hydrogen-bond donors (Lipinski definition) is 0. The quantitative estimate of drug-likeness (QED) is 0.536. The maximum absolute atomic E-state index is 2.54. The van der Waals surface area contributed by atoms with Gasteiger partial charge in [-0.25, -0.2) is 0 Å². The summed E-state index contributed by atoms with van der Waals surface area (Å²) in [5, 5.41) is 0. The van der Waals surface area contributed by atoms with Crippen molar-refractivity contribution in [1.29, 1.82) is 0 Å². The van der Waals surface area contributed by atoms with Gasteiger partial charge in [0.1, 0.15) is 0 Å². The zero-order chi connectivity index (χ0) is 10.0. The normalized spacial score (nSPS) is 67.7.